The van der Waals surface area contributed by atoms with Crippen LogP contribution in [0, 0.1) is 12.8 Å². The van der Waals surface area contributed by atoms with E-state index in [0.717, 1.165) is 36.2 Å². The molecule has 3 rings (SSSR count). The van der Waals surface area contributed by atoms with Gasteiger partial charge in [-0.3, -0.25) is 4.79 Å². The molecular formula is C26H35ClN4O3. The molecule has 0 saturated heterocycles. The summed E-state index contributed by atoms with van der Waals surface area (Å²) in [7, 11) is 0. The Morgan fingerprint density at radius 1 is 1.26 bits per heavy atom. The summed E-state index contributed by atoms with van der Waals surface area (Å²) >= 11 is 6.67. The number of hydrogen-bond acceptors (Lipinski definition) is 6. The highest BCUT2D eigenvalue weighted by Crippen LogP contribution is 2.42. The molecule has 1 amide bonds. The summed E-state index contributed by atoms with van der Waals surface area (Å²) in [4.78, 5) is 25.4. The number of hydrogen-bond donors (Lipinski definition) is 1. The van der Waals surface area contributed by atoms with Crippen molar-refractivity contribution in [2.45, 2.75) is 78.9 Å². The number of ether oxygens (including phenoxy) is 2. The molecule has 1 aliphatic carbocycles. The van der Waals surface area contributed by atoms with Crippen molar-refractivity contribution >= 4 is 28.9 Å². The molecule has 1 aliphatic rings. The van der Waals surface area contributed by atoms with Gasteiger partial charge in [-0.15, -0.1) is 0 Å². The topological polar surface area (TPSA) is 85.7 Å². The third kappa shape index (κ3) is 6.69. The quantitative estimate of drug-likeness (QED) is 0.404. The molecule has 1 unspecified atom stereocenters. The van der Waals surface area contributed by atoms with Gasteiger partial charge in [0, 0.05) is 17.2 Å². The van der Waals surface area contributed by atoms with Crippen LogP contribution in [0.2, 0.25) is 5.02 Å². The standard InChI is InChI=1S/C26H35ClN4O3/c1-7-18(14-28-24(32)16(3)4)33-19-9-10-20(21(27)13-19)22(8-2)31-23-17(5)29-15-30-25(23)34-26(6)11-12-26/h9-10,13,15-16,18H,7-8,11-12,14H2,1-6H3,(H,28,32). The molecule has 0 spiro atoms. The number of aryl methyl sites for hydroxylation is 1. The Bertz CT molecular complexity index is 1050. The van der Waals surface area contributed by atoms with Crippen LogP contribution in [0.5, 0.6) is 11.6 Å². The zero-order chi connectivity index (χ0) is 24.9. The minimum Gasteiger partial charge on any atom is -0.489 e. The molecule has 1 N–H and O–H groups in total. The molecule has 0 aliphatic heterocycles. The largest absolute Gasteiger partial charge is 0.489 e. The van der Waals surface area contributed by atoms with Gasteiger partial charge < -0.3 is 14.8 Å². The Kier molecular flexibility index (Phi) is 8.52. The predicted molar refractivity (Wildman–Crippen MR) is 136 cm³/mol. The number of aliphatic imine (C=N–C) groups is 1. The number of aromatic nitrogens is 2. The first-order valence-corrected chi connectivity index (χ1v) is 12.4. The molecule has 0 bridgehead atoms. The summed E-state index contributed by atoms with van der Waals surface area (Å²) in [6.45, 7) is 12.2. The van der Waals surface area contributed by atoms with E-state index < -0.39 is 0 Å². The zero-order valence-electron chi connectivity index (χ0n) is 20.9. The van der Waals surface area contributed by atoms with Crippen molar-refractivity contribution in [1.82, 2.24) is 15.3 Å². The highest BCUT2D eigenvalue weighted by atomic mass is 35.5. The maximum Gasteiger partial charge on any atom is 0.243 e. The van der Waals surface area contributed by atoms with E-state index in [-0.39, 0.29) is 23.5 Å². The Labute approximate surface area is 207 Å². The van der Waals surface area contributed by atoms with Gasteiger partial charge in [-0.2, -0.15) is 4.98 Å². The van der Waals surface area contributed by atoms with E-state index in [2.05, 4.69) is 22.2 Å². The summed E-state index contributed by atoms with van der Waals surface area (Å²) in [5.41, 5.74) is 2.86. The van der Waals surface area contributed by atoms with Crippen LogP contribution in [0.15, 0.2) is 29.5 Å². The van der Waals surface area contributed by atoms with E-state index in [9.17, 15) is 4.79 Å². The molecule has 184 valence electrons. The van der Waals surface area contributed by atoms with Crippen molar-refractivity contribution < 1.29 is 14.3 Å². The molecule has 2 aromatic rings. The lowest BCUT2D eigenvalue weighted by molar-refractivity contribution is -0.124. The minimum absolute atomic E-state index is 0.0124. The van der Waals surface area contributed by atoms with Crippen molar-refractivity contribution in [2.24, 2.45) is 10.9 Å². The Balaban J connectivity index is 1.80. The Morgan fingerprint density at radius 2 is 2.00 bits per heavy atom. The molecule has 1 atom stereocenters. The number of amides is 1. The first-order valence-electron chi connectivity index (χ1n) is 12.0. The van der Waals surface area contributed by atoms with Crippen LogP contribution in [0.3, 0.4) is 0 Å². The number of nitrogens with one attached hydrogen (secondary N) is 1. The van der Waals surface area contributed by atoms with Crippen molar-refractivity contribution in [1.29, 1.82) is 0 Å². The lowest BCUT2D eigenvalue weighted by Gasteiger charge is -2.20. The van der Waals surface area contributed by atoms with Gasteiger partial charge in [-0.05, 0) is 57.7 Å². The van der Waals surface area contributed by atoms with E-state index in [1.807, 2.05) is 46.8 Å². The number of benzene rings is 1. The molecule has 1 aromatic heterocycles. The first kappa shape index (κ1) is 25.9. The smallest absolute Gasteiger partial charge is 0.243 e. The maximum atomic E-state index is 11.9. The number of carbonyl (C=O) groups excluding carboxylic acids is 1. The fraction of sp³-hybridized carbons (Fsp3) is 0.538. The van der Waals surface area contributed by atoms with Crippen LogP contribution in [0.25, 0.3) is 0 Å². The second kappa shape index (κ2) is 11.2. The van der Waals surface area contributed by atoms with Crippen molar-refractivity contribution in [2.75, 3.05) is 6.54 Å². The monoisotopic (exact) mass is 486 g/mol. The summed E-state index contributed by atoms with van der Waals surface area (Å²) in [5.74, 6) is 1.11. The maximum absolute atomic E-state index is 11.9. The fourth-order valence-electron chi connectivity index (χ4n) is 3.31. The second-order valence-corrected chi connectivity index (χ2v) is 9.67. The molecule has 1 fully saturated rings. The van der Waals surface area contributed by atoms with Crippen LogP contribution >= 0.6 is 11.6 Å². The Hall–Kier alpha value is -2.67. The van der Waals surface area contributed by atoms with Gasteiger partial charge in [0.15, 0.2) is 0 Å². The highest BCUT2D eigenvalue weighted by Gasteiger charge is 2.41. The van der Waals surface area contributed by atoms with Gasteiger partial charge in [-0.25, -0.2) is 9.98 Å². The molecule has 1 aromatic carbocycles. The van der Waals surface area contributed by atoms with Crippen LogP contribution in [0.1, 0.15) is 71.6 Å². The van der Waals surface area contributed by atoms with E-state index in [1.165, 1.54) is 6.33 Å². The molecule has 0 radical (unpaired) electrons. The third-order valence-corrected chi connectivity index (χ3v) is 6.20. The lowest BCUT2D eigenvalue weighted by atomic mass is 10.1. The van der Waals surface area contributed by atoms with E-state index in [4.69, 9.17) is 26.1 Å². The third-order valence-electron chi connectivity index (χ3n) is 5.89. The van der Waals surface area contributed by atoms with Gasteiger partial charge in [-0.1, -0.05) is 39.3 Å². The first-order chi connectivity index (χ1) is 16.2. The fourth-order valence-corrected chi connectivity index (χ4v) is 3.59. The van der Waals surface area contributed by atoms with Crippen LogP contribution in [-0.4, -0.2) is 39.8 Å². The van der Waals surface area contributed by atoms with Crippen molar-refractivity contribution in [3.05, 3.63) is 40.8 Å². The van der Waals surface area contributed by atoms with Crippen LogP contribution in [-0.2, 0) is 4.79 Å². The number of carbonyl (C=O) groups is 1. The summed E-state index contributed by atoms with van der Waals surface area (Å²) in [6.07, 6.45) is 4.81. The summed E-state index contributed by atoms with van der Waals surface area (Å²) in [5, 5.41) is 3.47. The van der Waals surface area contributed by atoms with Gasteiger partial charge in [0.2, 0.25) is 11.8 Å². The average Bonchev–Trinajstić information content (AvgIpc) is 3.53. The van der Waals surface area contributed by atoms with Crippen LogP contribution in [0.4, 0.5) is 5.69 Å². The highest BCUT2D eigenvalue weighted by molar-refractivity contribution is 6.34. The number of rotatable bonds is 11. The van der Waals surface area contributed by atoms with Crippen molar-refractivity contribution in [3.8, 4) is 11.6 Å². The zero-order valence-corrected chi connectivity index (χ0v) is 21.7. The van der Waals surface area contributed by atoms with E-state index in [0.29, 0.717) is 35.3 Å². The van der Waals surface area contributed by atoms with E-state index >= 15 is 0 Å². The van der Waals surface area contributed by atoms with Crippen LogP contribution < -0.4 is 14.8 Å². The summed E-state index contributed by atoms with van der Waals surface area (Å²) < 4.78 is 12.2. The molecule has 8 heteroatoms. The normalized spacial score (nSPS) is 15.7. The minimum atomic E-state index is -0.168. The molecular weight excluding hydrogens is 452 g/mol. The molecule has 1 heterocycles. The molecule has 34 heavy (non-hydrogen) atoms. The van der Waals surface area contributed by atoms with Gasteiger partial charge in [0.1, 0.15) is 29.5 Å². The number of halogens is 1. The predicted octanol–water partition coefficient (Wildman–Crippen LogP) is 5.83. The van der Waals surface area contributed by atoms with Gasteiger partial charge in [0.25, 0.3) is 0 Å². The van der Waals surface area contributed by atoms with Crippen molar-refractivity contribution in [3.63, 3.8) is 0 Å². The molecule has 7 nitrogen and oxygen atoms in total. The number of nitrogens with zero attached hydrogens (tertiary/aromatic N) is 3. The average molecular weight is 487 g/mol. The summed E-state index contributed by atoms with van der Waals surface area (Å²) in [6, 6.07) is 5.60. The SMILES string of the molecule is CCC(=Nc1c(C)ncnc1OC1(C)CC1)c1ccc(OC(CC)CNC(=O)C(C)C)cc1Cl. The van der Waals surface area contributed by atoms with Gasteiger partial charge >= 0.3 is 0 Å². The Morgan fingerprint density at radius 3 is 2.59 bits per heavy atom. The lowest BCUT2D eigenvalue weighted by Crippen LogP contribution is -2.37. The van der Waals surface area contributed by atoms with Gasteiger partial charge in [0.05, 0.1) is 17.3 Å². The molecule has 1 saturated carbocycles. The second-order valence-electron chi connectivity index (χ2n) is 9.27. The van der Waals surface area contributed by atoms with E-state index in [1.54, 1.807) is 6.07 Å².